The lowest BCUT2D eigenvalue weighted by Crippen LogP contribution is -2.53. The number of benzene rings is 1. The van der Waals surface area contributed by atoms with Gasteiger partial charge in [-0.2, -0.15) is 0 Å². The maximum absolute atomic E-state index is 15.0. The van der Waals surface area contributed by atoms with Crippen LogP contribution in [-0.2, 0) is 0 Å². The Labute approximate surface area is 177 Å². The number of hydrogen-bond acceptors (Lipinski definition) is 6. The molecule has 0 saturated carbocycles. The van der Waals surface area contributed by atoms with Crippen molar-refractivity contribution in [3.63, 3.8) is 0 Å². The van der Waals surface area contributed by atoms with Gasteiger partial charge < -0.3 is 15.0 Å². The summed E-state index contributed by atoms with van der Waals surface area (Å²) >= 11 is 0. The van der Waals surface area contributed by atoms with Crippen molar-refractivity contribution in [1.82, 2.24) is 30.0 Å². The molecule has 4 heterocycles. The highest BCUT2D eigenvalue weighted by molar-refractivity contribution is 5.67. The van der Waals surface area contributed by atoms with Gasteiger partial charge in [0.25, 0.3) is 0 Å². The quantitative estimate of drug-likeness (QED) is 0.667. The number of alkyl halides is 1. The third kappa shape index (κ3) is 3.38. The highest BCUT2D eigenvalue weighted by Crippen LogP contribution is 2.44. The van der Waals surface area contributed by atoms with Gasteiger partial charge in [0, 0.05) is 36.0 Å². The molecule has 5 rings (SSSR count). The average Bonchev–Trinajstić information content (AvgIpc) is 3.41. The van der Waals surface area contributed by atoms with Crippen molar-refractivity contribution < 1.29 is 13.9 Å². The van der Waals surface area contributed by atoms with Gasteiger partial charge in [0.05, 0.1) is 23.8 Å². The second kappa shape index (κ2) is 7.19. The smallest absolute Gasteiger partial charge is 0.185 e. The SMILES string of the molecule is C=C(c1cnc(-c2cc(F)c(-n3ccnc3)cc2O)nn1)C1C[C@]2(C)CCC(N2)[C@H]1F. The van der Waals surface area contributed by atoms with E-state index in [0.29, 0.717) is 17.7 Å². The van der Waals surface area contributed by atoms with Crippen LogP contribution in [0.4, 0.5) is 8.78 Å². The van der Waals surface area contributed by atoms with Gasteiger partial charge in [0.2, 0.25) is 0 Å². The number of piperidine rings is 1. The minimum Gasteiger partial charge on any atom is -0.507 e. The summed E-state index contributed by atoms with van der Waals surface area (Å²) in [6.07, 6.45) is 7.30. The van der Waals surface area contributed by atoms with Crippen LogP contribution in [0.25, 0.3) is 22.6 Å². The molecule has 0 radical (unpaired) electrons. The second-order valence-electron chi connectivity index (χ2n) is 8.59. The van der Waals surface area contributed by atoms with E-state index in [4.69, 9.17) is 0 Å². The van der Waals surface area contributed by atoms with Crippen LogP contribution in [0.1, 0.15) is 31.9 Å². The topological polar surface area (TPSA) is 88.8 Å². The number of allylic oxidation sites excluding steroid dienone is 1. The number of phenols is 1. The molecular weight excluding hydrogens is 402 g/mol. The standard InChI is InChI=1S/C22H22F2N6O/c1-12(14-9-22(2)4-3-16(27-22)20(14)24)17-10-26-21(29-28-17)13-7-15(23)18(8-19(13)31)30-6-5-25-11-30/h5-8,10-11,14,16,20,27,31H,1,3-4,9H2,2H3/t14?,16?,20-,22-/m0/s1. The van der Waals surface area contributed by atoms with Gasteiger partial charge in [0.15, 0.2) is 5.82 Å². The maximum atomic E-state index is 15.0. The Balaban J connectivity index is 1.40. The zero-order valence-corrected chi connectivity index (χ0v) is 17.0. The van der Waals surface area contributed by atoms with E-state index in [1.54, 1.807) is 6.20 Å². The van der Waals surface area contributed by atoms with Crippen LogP contribution in [0.3, 0.4) is 0 Å². The molecule has 2 aromatic heterocycles. The molecule has 3 aromatic rings. The lowest BCUT2D eigenvalue weighted by molar-refractivity contribution is 0.135. The van der Waals surface area contributed by atoms with Crippen LogP contribution < -0.4 is 5.32 Å². The van der Waals surface area contributed by atoms with E-state index >= 15 is 0 Å². The number of rotatable bonds is 4. The Bertz CT molecular complexity index is 1130. The maximum Gasteiger partial charge on any atom is 0.185 e. The van der Waals surface area contributed by atoms with Crippen LogP contribution in [0.15, 0.2) is 43.6 Å². The van der Waals surface area contributed by atoms with Crippen LogP contribution in [-0.4, -0.2) is 47.6 Å². The highest BCUT2D eigenvalue weighted by atomic mass is 19.1. The number of hydrogen-bond donors (Lipinski definition) is 2. The molecule has 4 atom stereocenters. The Morgan fingerprint density at radius 1 is 1.35 bits per heavy atom. The van der Waals surface area contributed by atoms with Crippen LogP contribution in [0, 0.1) is 11.7 Å². The number of nitrogens with one attached hydrogen (secondary N) is 1. The summed E-state index contributed by atoms with van der Waals surface area (Å²) in [5.41, 5.74) is 1.13. The summed E-state index contributed by atoms with van der Waals surface area (Å²) in [5.74, 6) is -1.05. The normalized spacial score (nSPS) is 27.4. The summed E-state index contributed by atoms with van der Waals surface area (Å²) in [6, 6.07) is 2.26. The first-order valence-electron chi connectivity index (χ1n) is 10.2. The molecule has 2 bridgehead atoms. The molecule has 0 aliphatic carbocycles. The van der Waals surface area contributed by atoms with E-state index in [1.807, 2.05) is 0 Å². The first-order valence-corrected chi connectivity index (χ1v) is 10.2. The molecule has 2 aliphatic heterocycles. The fourth-order valence-electron chi connectivity index (χ4n) is 4.72. The molecule has 2 saturated heterocycles. The Morgan fingerprint density at radius 2 is 2.19 bits per heavy atom. The monoisotopic (exact) mass is 424 g/mol. The van der Waals surface area contributed by atoms with E-state index in [2.05, 4.69) is 39.0 Å². The predicted octanol–water partition coefficient (Wildman–Crippen LogP) is 3.45. The van der Waals surface area contributed by atoms with Crippen molar-refractivity contribution >= 4 is 5.57 Å². The summed E-state index contributed by atoms with van der Waals surface area (Å²) in [6.45, 7) is 6.18. The molecular formula is C22H22F2N6O. The first-order chi connectivity index (χ1) is 14.8. The predicted molar refractivity (Wildman–Crippen MR) is 111 cm³/mol. The molecule has 0 spiro atoms. The molecule has 31 heavy (non-hydrogen) atoms. The van der Waals surface area contributed by atoms with Crippen LogP contribution >= 0.6 is 0 Å². The van der Waals surface area contributed by atoms with Gasteiger partial charge in [-0.15, -0.1) is 10.2 Å². The zero-order chi connectivity index (χ0) is 21.8. The highest BCUT2D eigenvalue weighted by Gasteiger charge is 2.49. The van der Waals surface area contributed by atoms with Crippen molar-refractivity contribution in [2.75, 3.05) is 0 Å². The zero-order valence-electron chi connectivity index (χ0n) is 17.0. The minimum absolute atomic E-state index is 0.0688. The van der Waals surface area contributed by atoms with E-state index in [1.165, 1.54) is 29.4 Å². The number of nitrogens with zero attached hydrogens (tertiary/aromatic N) is 5. The van der Waals surface area contributed by atoms with Gasteiger partial charge in [-0.3, -0.25) is 0 Å². The van der Waals surface area contributed by atoms with Gasteiger partial charge in [-0.1, -0.05) is 6.58 Å². The molecule has 9 heteroatoms. The van der Waals surface area contributed by atoms with Crippen LogP contribution in [0.5, 0.6) is 5.75 Å². The van der Waals surface area contributed by atoms with Crippen molar-refractivity contribution in [1.29, 1.82) is 0 Å². The molecule has 160 valence electrons. The van der Waals surface area contributed by atoms with Crippen molar-refractivity contribution in [3.8, 4) is 22.8 Å². The Morgan fingerprint density at radius 3 is 2.90 bits per heavy atom. The number of fused-ring (bicyclic) bond motifs is 2. The third-order valence-electron chi connectivity index (χ3n) is 6.41. The molecule has 2 fully saturated rings. The first kappa shape index (κ1) is 19.7. The lowest BCUT2D eigenvalue weighted by atomic mass is 9.79. The van der Waals surface area contributed by atoms with Crippen molar-refractivity contribution in [2.24, 2.45) is 5.92 Å². The molecule has 7 nitrogen and oxygen atoms in total. The van der Waals surface area contributed by atoms with Gasteiger partial charge in [-0.25, -0.2) is 18.7 Å². The molecule has 2 N–H and O–H groups in total. The van der Waals surface area contributed by atoms with E-state index < -0.39 is 12.0 Å². The number of imidazole rings is 1. The van der Waals surface area contributed by atoms with Gasteiger partial charge in [-0.05, 0) is 37.8 Å². The molecule has 0 amide bonds. The molecule has 1 aromatic carbocycles. The number of aromatic hydroxyl groups is 1. The minimum atomic E-state index is -1.04. The Hall–Kier alpha value is -3.20. The summed E-state index contributed by atoms with van der Waals surface area (Å²) in [4.78, 5) is 8.12. The third-order valence-corrected chi connectivity index (χ3v) is 6.41. The van der Waals surface area contributed by atoms with Crippen molar-refractivity contribution in [3.05, 3.63) is 55.1 Å². The summed E-state index contributed by atoms with van der Waals surface area (Å²) in [7, 11) is 0. The lowest BCUT2D eigenvalue weighted by Gasteiger charge is -2.39. The van der Waals surface area contributed by atoms with E-state index in [0.717, 1.165) is 18.9 Å². The molecule has 2 unspecified atom stereocenters. The van der Waals surface area contributed by atoms with Crippen LogP contribution in [0.2, 0.25) is 0 Å². The largest absolute Gasteiger partial charge is 0.507 e. The summed E-state index contributed by atoms with van der Waals surface area (Å²) in [5, 5.41) is 22.0. The summed E-state index contributed by atoms with van der Waals surface area (Å²) < 4.78 is 31.0. The molecule has 2 aliphatic rings. The van der Waals surface area contributed by atoms with E-state index in [-0.39, 0.29) is 40.3 Å². The number of aromatic nitrogens is 5. The fourth-order valence-corrected chi connectivity index (χ4v) is 4.72. The second-order valence-corrected chi connectivity index (χ2v) is 8.59. The Kier molecular flexibility index (Phi) is 4.58. The van der Waals surface area contributed by atoms with Gasteiger partial charge >= 0.3 is 0 Å². The van der Waals surface area contributed by atoms with E-state index in [9.17, 15) is 13.9 Å². The number of halogens is 2. The average molecular weight is 424 g/mol. The fraction of sp³-hybridized carbons (Fsp3) is 0.364. The van der Waals surface area contributed by atoms with Crippen molar-refractivity contribution in [2.45, 2.75) is 43.9 Å². The number of phenolic OH excluding ortho intramolecular Hbond substituents is 1. The van der Waals surface area contributed by atoms with Gasteiger partial charge in [0.1, 0.15) is 23.4 Å².